The third-order valence-electron chi connectivity index (χ3n) is 1.94. The molecule has 0 spiro atoms. The molecule has 0 amide bonds. The van der Waals surface area contributed by atoms with Crippen LogP contribution in [0.25, 0.3) is 0 Å². The molecule has 1 unspecified atom stereocenters. The van der Waals surface area contributed by atoms with Crippen LogP contribution in [-0.4, -0.2) is 26.4 Å². The van der Waals surface area contributed by atoms with Gasteiger partial charge in [-0.05, 0) is 19.1 Å². The maximum absolute atomic E-state index is 5.48. The lowest BCUT2D eigenvalue weighted by Gasteiger charge is -2.09. The second kappa shape index (κ2) is 5.63. The first-order valence-corrected chi connectivity index (χ1v) is 6.60. The van der Waals surface area contributed by atoms with E-state index in [-0.39, 0.29) is 0 Å². The summed E-state index contributed by atoms with van der Waals surface area (Å²) in [7, 11) is 4.15. The highest BCUT2D eigenvalue weighted by Gasteiger charge is 2.09. The van der Waals surface area contributed by atoms with Gasteiger partial charge in [0.25, 0.3) is 0 Å². The van der Waals surface area contributed by atoms with Crippen molar-refractivity contribution in [2.75, 3.05) is 31.3 Å². The molecular formula is C10H18N2S2. The van der Waals surface area contributed by atoms with Crippen LogP contribution >= 0.6 is 23.1 Å². The van der Waals surface area contributed by atoms with Crippen molar-refractivity contribution in [1.29, 1.82) is 0 Å². The third-order valence-corrected chi connectivity index (χ3v) is 4.75. The van der Waals surface area contributed by atoms with E-state index in [0.717, 1.165) is 12.3 Å². The van der Waals surface area contributed by atoms with Crippen LogP contribution < -0.4 is 10.6 Å². The summed E-state index contributed by atoms with van der Waals surface area (Å²) in [5.74, 6) is 1.04. The van der Waals surface area contributed by atoms with Crippen LogP contribution in [0.3, 0.4) is 0 Å². The second-order valence-corrected chi connectivity index (χ2v) is 5.91. The van der Waals surface area contributed by atoms with Crippen LogP contribution in [0, 0.1) is 0 Å². The van der Waals surface area contributed by atoms with E-state index in [1.165, 1.54) is 9.88 Å². The number of nitrogens with zero attached hydrogens (tertiary/aromatic N) is 1. The van der Waals surface area contributed by atoms with E-state index in [1.54, 1.807) is 0 Å². The normalized spacial score (nSPS) is 12.9. The fourth-order valence-corrected chi connectivity index (χ4v) is 3.07. The summed E-state index contributed by atoms with van der Waals surface area (Å²) in [4.78, 5) is 3.58. The van der Waals surface area contributed by atoms with Crippen molar-refractivity contribution in [1.82, 2.24) is 0 Å². The Kier molecular flexibility index (Phi) is 4.78. The summed E-state index contributed by atoms with van der Waals surface area (Å²) in [6.07, 6.45) is 0. The minimum absolute atomic E-state index is 0.567. The van der Waals surface area contributed by atoms with E-state index < -0.39 is 0 Å². The highest BCUT2D eigenvalue weighted by molar-refractivity contribution is 7.99. The molecule has 0 fully saturated rings. The Balaban J connectivity index is 2.57. The fraction of sp³-hybridized carbons (Fsp3) is 0.600. The van der Waals surface area contributed by atoms with Crippen LogP contribution in [-0.2, 0) is 0 Å². The third kappa shape index (κ3) is 3.19. The number of rotatable bonds is 5. The molecule has 0 bridgehead atoms. The molecule has 0 radical (unpaired) electrons. The minimum atomic E-state index is 0.567. The average Bonchev–Trinajstić information content (AvgIpc) is 2.62. The van der Waals surface area contributed by atoms with E-state index >= 15 is 0 Å². The molecule has 2 nitrogen and oxygen atoms in total. The Morgan fingerprint density at radius 2 is 2.21 bits per heavy atom. The number of thioether (sulfide) groups is 1. The molecule has 1 aromatic rings. The Labute approximate surface area is 94.5 Å². The fourth-order valence-electron chi connectivity index (χ4n) is 1.13. The molecule has 1 aromatic heterocycles. The first kappa shape index (κ1) is 11.9. The highest BCUT2D eigenvalue weighted by Crippen LogP contribution is 2.35. The first-order valence-electron chi connectivity index (χ1n) is 4.74. The first-order chi connectivity index (χ1) is 6.65. The lowest BCUT2D eigenvalue weighted by atomic mass is 10.4. The van der Waals surface area contributed by atoms with Gasteiger partial charge in [-0.2, -0.15) is 11.8 Å². The number of thiophene rings is 1. The van der Waals surface area contributed by atoms with Crippen molar-refractivity contribution in [3.05, 3.63) is 17.0 Å². The summed E-state index contributed by atoms with van der Waals surface area (Å²) in [5.41, 5.74) is 5.48. The summed E-state index contributed by atoms with van der Waals surface area (Å²) >= 11 is 3.79. The number of hydrogen-bond donors (Lipinski definition) is 1. The standard InChI is InChI=1S/C10H18N2S2/c1-8(13-7-6-11)9-4-5-10(14-9)12(2)3/h4-5,8H,6-7,11H2,1-3H3. The summed E-state index contributed by atoms with van der Waals surface area (Å²) in [6, 6.07) is 4.40. The van der Waals surface area contributed by atoms with Crippen LogP contribution in [0.1, 0.15) is 17.1 Å². The molecule has 4 heteroatoms. The lowest BCUT2D eigenvalue weighted by Crippen LogP contribution is -2.05. The van der Waals surface area contributed by atoms with E-state index in [0.29, 0.717) is 5.25 Å². The molecule has 0 aliphatic heterocycles. The van der Waals surface area contributed by atoms with E-state index in [4.69, 9.17) is 5.73 Å². The van der Waals surface area contributed by atoms with Gasteiger partial charge in [0.15, 0.2) is 0 Å². The van der Waals surface area contributed by atoms with Gasteiger partial charge in [0.2, 0.25) is 0 Å². The van der Waals surface area contributed by atoms with Gasteiger partial charge >= 0.3 is 0 Å². The van der Waals surface area contributed by atoms with Crippen molar-refractivity contribution in [2.24, 2.45) is 5.73 Å². The zero-order valence-electron chi connectivity index (χ0n) is 8.99. The van der Waals surface area contributed by atoms with Gasteiger partial charge in [0.1, 0.15) is 0 Å². The van der Waals surface area contributed by atoms with Gasteiger partial charge in [0, 0.05) is 36.5 Å². The summed E-state index contributed by atoms with van der Waals surface area (Å²) < 4.78 is 0. The molecule has 1 heterocycles. The maximum atomic E-state index is 5.48. The summed E-state index contributed by atoms with van der Waals surface area (Å²) in [5, 5.41) is 1.89. The van der Waals surface area contributed by atoms with Crippen molar-refractivity contribution in [2.45, 2.75) is 12.2 Å². The van der Waals surface area contributed by atoms with Crippen molar-refractivity contribution in [3.8, 4) is 0 Å². The number of nitrogens with two attached hydrogens (primary N) is 1. The van der Waals surface area contributed by atoms with E-state index in [2.05, 4.69) is 38.1 Å². The Bertz CT molecular complexity index is 271. The SMILES string of the molecule is CC(SCCN)c1ccc(N(C)C)s1. The zero-order chi connectivity index (χ0) is 10.6. The lowest BCUT2D eigenvalue weighted by molar-refractivity contribution is 1.10. The number of hydrogen-bond acceptors (Lipinski definition) is 4. The van der Waals surface area contributed by atoms with Crippen molar-refractivity contribution < 1.29 is 0 Å². The Morgan fingerprint density at radius 1 is 1.50 bits per heavy atom. The maximum Gasteiger partial charge on any atom is 0.0906 e. The largest absolute Gasteiger partial charge is 0.370 e. The van der Waals surface area contributed by atoms with Crippen LogP contribution in [0.4, 0.5) is 5.00 Å². The molecule has 14 heavy (non-hydrogen) atoms. The Hall–Kier alpha value is -0.190. The molecule has 0 aliphatic carbocycles. The predicted octanol–water partition coefficient (Wildman–Crippen LogP) is 2.57. The van der Waals surface area contributed by atoms with Crippen LogP contribution in [0.2, 0.25) is 0 Å². The monoisotopic (exact) mass is 230 g/mol. The molecule has 0 saturated heterocycles. The zero-order valence-corrected chi connectivity index (χ0v) is 10.6. The second-order valence-electron chi connectivity index (χ2n) is 3.37. The van der Waals surface area contributed by atoms with Gasteiger partial charge in [-0.3, -0.25) is 0 Å². The molecule has 1 rings (SSSR count). The average molecular weight is 230 g/mol. The van der Waals surface area contributed by atoms with Gasteiger partial charge in [-0.15, -0.1) is 11.3 Å². The highest BCUT2D eigenvalue weighted by atomic mass is 32.2. The van der Waals surface area contributed by atoms with Crippen LogP contribution in [0.15, 0.2) is 12.1 Å². The van der Waals surface area contributed by atoms with Gasteiger partial charge in [-0.25, -0.2) is 0 Å². The molecule has 2 N–H and O–H groups in total. The van der Waals surface area contributed by atoms with Gasteiger partial charge in [0.05, 0.1) is 5.00 Å². The quantitative estimate of drug-likeness (QED) is 0.843. The molecular weight excluding hydrogens is 212 g/mol. The molecule has 0 saturated carbocycles. The van der Waals surface area contributed by atoms with Crippen molar-refractivity contribution in [3.63, 3.8) is 0 Å². The van der Waals surface area contributed by atoms with Crippen molar-refractivity contribution >= 4 is 28.1 Å². The minimum Gasteiger partial charge on any atom is -0.370 e. The molecule has 80 valence electrons. The summed E-state index contributed by atoms with van der Waals surface area (Å²) in [6.45, 7) is 3.01. The van der Waals surface area contributed by atoms with Crippen LogP contribution in [0.5, 0.6) is 0 Å². The molecule has 0 aromatic carbocycles. The Morgan fingerprint density at radius 3 is 2.71 bits per heavy atom. The topological polar surface area (TPSA) is 29.3 Å². The van der Waals surface area contributed by atoms with E-state index in [1.807, 2.05) is 23.1 Å². The molecule has 1 atom stereocenters. The van der Waals surface area contributed by atoms with Gasteiger partial charge in [-0.1, -0.05) is 0 Å². The predicted molar refractivity (Wildman–Crippen MR) is 68.6 cm³/mol. The van der Waals surface area contributed by atoms with E-state index in [9.17, 15) is 0 Å². The smallest absolute Gasteiger partial charge is 0.0906 e. The molecule has 0 aliphatic rings. The van der Waals surface area contributed by atoms with Gasteiger partial charge < -0.3 is 10.6 Å². The number of anilines is 1.